The van der Waals surface area contributed by atoms with Crippen molar-refractivity contribution in [1.82, 2.24) is 29.0 Å². The fraction of sp³-hybridized carbons (Fsp3) is 0.531. The summed E-state index contributed by atoms with van der Waals surface area (Å²) in [6.45, 7) is 7.11. The van der Waals surface area contributed by atoms with E-state index in [1.54, 1.807) is 25.7 Å². The second-order valence-electron chi connectivity index (χ2n) is 12.3. The number of carbonyl (C=O) groups excluding carboxylic acids is 1. The van der Waals surface area contributed by atoms with Gasteiger partial charge in [-0.25, -0.2) is 13.8 Å². The summed E-state index contributed by atoms with van der Waals surface area (Å²) in [5.74, 6) is -0.368. The molecule has 2 aliphatic rings. The zero-order valence-electron chi connectivity index (χ0n) is 26.5. The number of fused-ring (bicyclic) bond motifs is 1. The van der Waals surface area contributed by atoms with Gasteiger partial charge in [0, 0.05) is 37.4 Å². The minimum Gasteiger partial charge on any atom is -0.496 e. The number of aromatic nitrogens is 5. The minimum atomic E-state index is -1.49. The Morgan fingerprint density at radius 1 is 1.13 bits per heavy atom. The van der Waals surface area contributed by atoms with Gasteiger partial charge in [0.15, 0.2) is 0 Å². The van der Waals surface area contributed by atoms with E-state index in [-0.39, 0.29) is 23.9 Å². The molecule has 2 aliphatic heterocycles. The highest BCUT2D eigenvalue weighted by molar-refractivity contribution is 7.21. The summed E-state index contributed by atoms with van der Waals surface area (Å²) >= 11 is 1.20. The second-order valence-corrected chi connectivity index (χ2v) is 13.3. The maximum atomic E-state index is 14.7. The fourth-order valence-corrected chi connectivity index (χ4v) is 7.68. The number of hydrogen-bond donors (Lipinski definition) is 0. The van der Waals surface area contributed by atoms with Crippen molar-refractivity contribution in [2.75, 3.05) is 33.4 Å². The number of aryl methyl sites for hydroxylation is 1. The molecule has 1 amide bonds. The lowest BCUT2D eigenvalue weighted by atomic mass is 10.00. The van der Waals surface area contributed by atoms with Crippen LogP contribution in [0.2, 0.25) is 0 Å². The lowest BCUT2D eigenvalue weighted by Crippen LogP contribution is -2.57. The molecule has 0 aliphatic carbocycles. The van der Waals surface area contributed by atoms with E-state index in [4.69, 9.17) is 14.2 Å². The van der Waals surface area contributed by atoms with E-state index in [9.17, 15) is 18.8 Å². The van der Waals surface area contributed by atoms with Gasteiger partial charge in [-0.3, -0.25) is 14.2 Å². The van der Waals surface area contributed by atoms with Crippen molar-refractivity contribution in [1.29, 1.82) is 0 Å². The van der Waals surface area contributed by atoms with Crippen LogP contribution in [-0.2, 0) is 26.4 Å². The highest BCUT2D eigenvalue weighted by atomic mass is 32.1. The van der Waals surface area contributed by atoms with Crippen molar-refractivity contribution < 1.29 is 23.4 Å². The van der Waals surface area contributed by atoms with E-state index in [0.29, 0.717) is 65.9 Å². The number of likely N-dealkylation sites (tertiary alicyclic amines) is 1. The molecule has 12 nitrogen and oxygen atoms in total. The summed E-state index contributed by atoms with van der Waals surface area (Å²) in [5.41, 5.74) is -1.71. The molecule has 0 bridgehead atoms. The Labute approximate surface area is 269 Å². The number of piperidine rings is 1. The summed E-state index contributed by atoms with van der Waals surface area (Å²) in [6.07, 6.45) is 6.03. The maximum Gasteiger partial charge on any atom is 0.333 e. The Morgan fingerprint density at radius 2 is 1.83 bits per heavy atom. The van der Waals surface area contributed by atoms with Crippen LogP contribution in [0.3, 0.4) is 0 Å². The number of methoxy groups -OCH3 is 1. The molecular weight excluding hydrogens is 615 g/mol. The Morgan fingerprint density at radius 3 is 2.50 bits per heavy atom. The van der Waals surface area contributed by atoms with Gasteiger partial charge in [-0.05, 0) is 71.1 Å². The van der Waals surface area contributed by atoms with Gasteiger partial charge in [-0.2, -0.15) is 10.2 Å². The van der Waals surface area contributed by atoms with Gasteiger partial charge in [0.25, 0.3) is 5.56 Å². The van der Waals surface area contributed by atoms with Crippen LogP contribution in [-0.4, -0.2) is 74.5 Å². The molecule has 246 valence electrons. The first-order valence-corrected chi connectivity index (χ1v) is 16.5. The first kappa shape index (κ1) is 32.1. The molecule has 1 unspecified atom stereocenters. The van der Waals surface area contributed by atoms with Crippen LogP contribution in [0.5, 0.6) is 5.75 Å². The lowest BCUT2D eigenvalue weighted by molar-refractivity contribution is -0.140. The predicted molar refractivity (Wildman–Crippen MR) is 170 cm³/mol. The molecule has 1 atom stereocenters. The van der Waals surface area contributed by atoms with Crippen molar-refractivity contribution in [2.24, 2.45) is 0 Å². The molecule has 46 heavy (non-hydrogen) atoms. The van der Waals surface area contributed by atoms with Crippen LogP contribution in [0.4, 0.5) is 4.39 Å². The number of hydrogen-bond acceptors (Lipinski definition) is 9. The quantitative estimate of drug-likeness (QED) is 0.266. The van der Waals surface area contributed by atoms with Gasteiger partial charge in [0.1, 0.15) is 33.0 Å². The Balaban J connectivity index is 1.57. The smallest absolute Gasteiger partial charge is 0.333 e. The largest absolute Gasteiger partial charge is 0.496 e. The molecule has 6 rings (SSSR count). The van der Waals surface area contributed by atoms with E-state index in [1.165, 1.54) is 58.4 Å². The number of thiophene rings is 1. The average Bonchev–Trinajstić information content (AvgIpc) is 3.71. The molecule has 0 radical (unpaired) electrons. The van der Waals surface area contributed by atoms with Crippen molar-refractivity contribution in [3.05, 3.63) is 68.4 Å². The van der Waals surface area contributed by atoms with Gasteiger partial charge >= 0.3 is 5.69 Å². The Kier molecular flexibility index (Phi) is 9.12. The third kappa shape index (κ3) is 5.89. The van der Waals surface area contributed by atoms with Crippen molar-refractivity contribution in [2.45, 2.75) is 77.2 Å². The van der Waals surface area contributed by atoms with Gasteiger partial charge in [0.05, 0.1) is 37.5 Å². The summed E-state index contributed by atoms with van der Waals surface area (Å²) in [5, 5.41) is 9.38. The molecule has 0 N–H and O–H groups in total. The van der Waals surface area contributed by atoms with Crippen molar-refractivity contribution >= 4 is 27.5 Å². The Bertz CT molecular complexity index is 1840. The van der Waals surface area contributed by atoms with Gasteiger partial charge in [-0.1, -0.05) is 11.3 Å². The number of halogens is 1. The van der Waals surface area contributed by atoms with E-state index < -0.39 is 28.7 Å². The first-order chi connectivity index (χ1) is 22.1. The maximum absolute atomic E-state index is 14.7. The molecule has 14 heteroatoms. The van der Waals surface area contributed by atoms with Gasteiger partial charge < -0.3 is 19.1 Å². The summed E-state index contributed by atoms with van der Waals surface area (Å²) in [4.78, 5) is 46.6. The summed E-state index contributed by atoms with van der Waals surface area (Å²) < 4.78 is 35.0. The lowest BCUT2D eigenvalue weighted by Gasteiger charge is -2.35. The molecule has 0 saturated carbocycles. The summed E-state index contributed by atoms with van der Waals surface area (Å²) in [6, 6.07) is 4.18. The average molecular weight is 655 g/mol. The number of carbonyl (C=O) groups is 1. The predicted octanol–water partition coefficient (Wildman–Crippen LogP) is 3.95. The Hall–Kier alpha value is -3.88. The third-order valence-corrected chi connectivity index (χ3v) is 10.2. The third-order valence-electron chi connectivity index (χ3n) is 8.93. The zero-order valence-corrected chi connectivity index (χ0v) is 27.3. The highest BCUT2D eigenvalue weighted by Gasteiger charge is 2.39. The van der Waals surface area contributed by atoms with Crippen LogP contribution in [0.25, 0.3) is 15.2 Å². The molecule has 2 fully saturated rings. The fourth-order valence-electron chi connectivity index (χ4n) is 6.46. The number of benzene rings is 1. The van der Waals surface area contributed by atoms with Crippen LogP contribution in [0, 0.1) is 12.7 Å². The summed E-state index contributed by atoms with van der Waals surface area (Å²) in [7, 11) is 1.49. The number of ether oxygens (including phenoxy) is 3. The molecule has 5 heterocycles. The van der Waals surface area contributed by atoms with Crippen molar-refractivity contribution in [3.63, 3.8) is 0 Å². The van der Waals surface area contributed by atoms with Crippen LogP contribution in [0.1, 0.15) is 63.2 Å². The molecular formula is C32H39FN6O6S. The van der Waals surface area contributed by atoms with E-state index in [0.717, 1.165) is 23.8 Å². The van der Waals surface area contributed by atoms with Crippen molar-refractivity contribution in [3.8, 4) is 10.8 Å². The number of nitrogens with zero attached hydrogens (tertiary/aromatic N) is 6. The molecule has 3 aromatic heterocycles. The zero-order chi connectivity index (χ0) is 32.6. The van der Waals surface area contributed by atoms with Crippen LogP contribution < -0.4 is 16.0 Å². The van der Waals surface area contributed by atoms with Gasteiger partial charge in [-0.15, -0.1) is 4.80 Å². The normalized spacial score (nSPS) is 17.0. The molecule has 1 aromatic carbocycles. The van der Waals surface area contributed by atoms with E-state index in [1.807, 2.05) is 0 Å². The SMILES string of the molecule is COc1ccc(F)cc1C(Cn1c(=O)n(C(C)(C)C(=O)N2CCCCC2)c(=O)c2c(C)c(-n3nccn3)sc21)OC1CCOCC1. The molecule has 4 aromatic rings. The minimum absolute atomic E-state index is 0.0767. The number of amides is 1. The van der Waals surface area contributed by atoms with Crippen LogP contribution in [0.15, 0.2) is 40.2 Å². The number of rotatable bonds is 9. The van der Waals surface area contributed by atoms with E-state index in [2.05, 4.69) is 10.2 Å². The topological polar surface area (TPSA) is 123 Å². The van der Waals surface area contributed by atoms with Crippen LogP contribution >= 0.6 is 11.3 Å². The standard InChI is InChI=1S/C32H39FN6O6S/c1-20-26-27(40)38(32(2,3)30(41)36-14-6-5-7-15-36)31(42)37(29(26)46-28(20)39-34-12-13-35-39)19-25(45-22-10-16-44-17-11-22)23-18-21(33)8-9-24(23)43-4/h8-9,12-13,18,22,25H,5-7,10-11,14-17,19H2,1-4H3. The first-order valence-electron chi connectivity index (χ1n) is 15.6. The van der Waals surface area contributed by atoms with Gasteiger partial charge in [0.2, 0.25) is 5.91 Å². The second kappa shape index (κ2) is 13.1. The molecule has 0 spiro atoms. The molecule has 2 saturated heterocycles. The highest BCUT2D eigenvalue weighted by Crippen LogP contribution is 2.36. The van der Waals surface area contributed by atoms with E-state index >= 15 is 0 Å². The monoisotopic (exact) mass is 654 g/mol.